The number of nitrogens with zero attached hydrogens (tertiary/aromatic N) is 10. The van der Waals surface area contributed by atoms with Crippen molar-refractivity contribution in [2.75, 3.05) is 56.4 Å². The first kappa shape index (κ1) is 110. The fraction of sp³-hybridized carbons (Fsp3) is 0.318. The molecule has 144 heavy (non-hydrogen) atoms. The normalized spacial score (nSPS) is 13.2. The summed E-state index contributed by atoms with van der Waals surface area (Å²) in [7, 11) is 17.1. The minimum atomic E-state index is 0.145. The molecule has 6 aromatic heterocycles. The van der Waals surface area contributed by atoms with Crippen molar-refractivity contribution in [2.45, 2.75) is 206 Å². The predicted octanol–water partition coefficient (Wildman–Crippen LogP) is 32.1. The average molecular weight is 1910 g/mol. The number of nitrogens with one attached hydrogen (secondary N) is 2. The molecule has 1 saturated carbocycles. The van der Waals surface area contributed by atoms with Crippen LogP contribution in [0.4, 0.5) is 0 Å². The van der Waals surface area contributed by atoms with Crippen molar-refractivity contribution in [1.29, 1.82) is 0 Å². The van der Waals surface area contributed by atoms with Crippen LogP contribution in [-0.2, 0) is 31.3 Å². The molecule has 0 saturated heterocycles. The lowest BCUT2D eigenvalue weighted by molar-refractivity contribution is 0.236. The Bertz CT molecular complexity index is 6220. The van der Waals surface area contributed by atoms with E-state index in [2.05, 4.69) is 517 Å². The minimum absolute atomic E-state index is 0.145. The predicted molar refractivity (Wildman–Crippen MR) is 609 cm³/mol. The summed E-state index contributed by atoms with van der Waals surface area (Å²) in [5, 5.41) is 7.56. The Kier molecular flexibility index (Phi) is 45.1. The fourth-order valence-corrected chi connectivity index (χ4v) is 18.8. The number of aromatic nitrogens is 6. The standard InChI is InChI=1S/C26H24N2.C25H28N2.C22H32N2.C21H22N2.C20H28N2.C18H24N2/c1-4-11-21(12-5-1)19-26(27-20-22-13-6-2-7-14-22)25-18-10-17-24(28-25)23-15-8-3-9-16-23;1-4-11-20(12-5-1)19-26-25(22-15-8-3-9-16-22)24-18-10-17-23(27-24)21-13-6-2-7-14-21;1-7-8-12-21(24(5)6)20-11-9-10-19(23-20)17-13-15-18(16-14-17)22(2,3)4;1-23(2)21(16-17-10-5-3-6-11-17)20-15-9-14-19(22-20)18-12-7-4-8-13-18;1-5-16(6-2)15-20(22(3)4)19-14-10-13-18(21-19)17-11-8-7-9-12-17;1-4-5-14-18(20(2)3)17-13-9-12-16(19-17)15-10-7-6-8-11-15/h1-18,26-27H,19-20H2;1-2,4-7,10-14,17-18,22,25-26H,3,8-9,15-16,19H2;9-11,13-16,21H,7-8,12H2,1-6H3;3-15,21H,16H2,1-2H3;7-14,16,20H,5-6,15H2,1-4H3;6-13,18H,4-5,14H2,1-3H3. The lowest BCUT2D eigenvalue weighted by Gasteiger charge is -2.31. The summed E-state index contributed by atoms with van der Waals surface area (Å²) in [5.74, 6) is 1.43. The molecule has 0 bridgehead atoms. The Balaban J connectivity index is 0.000000155. The number of hydrogen-bond acceptors (Lipinski definition) is 12. The highest BCUT2D eigenvalue weighted by Crippen LogP contribution is 2.38. The van der Waals surface area contributed by atoms with Crippen LogP contribution in [0.25, 0.3) is 67.5 Å². The quantitative estimate of drug-likeness (QED) is 0.0386. The molecule has 1 aliphatic rings. The van der Waals surface area contributed by atoms with Crippen LogP contribution in [0.2, 0.25) is 0 Å². The maximum atomic E-state index is 5.07. The summed E-state index contributed by atoms with van der Waals surface area (Å²) >= 11 is 0. The van der Waals surface area contributed by atoms with E-state index in [0.717, 1.165) is 101 Å². The molecule has 12 nitrogen and oxygen atoms in total. The summed E-state index contributed by atoms with van der Waals surface area (Å²) in [4.78, 5) is 38.9. The second-order valence-corrected chi connectivity index (χ2v) is 40.0. The number of benzene rings is 10. The minimum Gasteiger partial charge on any atom is -0.304 e. The molecule has 1 aliphatic carbocycles. The van der Waals surface area contributed by atoms with Gasteiger partial charge >= 0.3 is 0 Å². The van der Waals surface area contributed by atoms with Crippen LogP contribution in [0.15, 0.2) is 406 Å². The van der Waals surface area contributed by atoms with Crippen LogP contribution in [0.3, 0.4) is 0 Å². The van der Waals surface area contributed by atoms with Gasteiger partial charge in [-0.1, -0.05) is 440 Å². The van der Waals surface area contributed by atoms with Gasteiger partial charge in [-0.2, -0.15) is 0 Å². The third-order valence-corrected chi connectivity index (χ3v) is 27.4. The number of pyridine rings is 6. The summed E-state index contributed by atoms with van der Waals surface area (Å²) in [6, 6.07) is 143. The summed E-state index contributed by atoms with van der Waals surface area (Å²) < 4.78 is 0. The van der Waals surface area contributed by atoms with Gasteiger partial charge in [0.2, 0.25) is 0 Å². The molecule has 0 aliphatic heterocycles. The third kappa shape index (κ3) is 35.1. The second kappa shape index (κ2) is 59.2. The molecule has 1 fully saturated rings. The van der Waals surface area contributed by atoms with Crippen molar-refractivity contribution in [2.24, 2.45) is 11.8 Å². The number of hydrogen-bond donors (Lipinski definition) is 2. The summed E-state index contributed by atoms with van der Waals surface area (Å²) in [6.07, 6.45) is 19.4. The molecule has 17 rings (SSSR count). The molecule has 6 atom stereocenters. The first-order chi connectivity index (χ1) is 70.2. The van der Waals surface area contributed by atoms with Gasteiger partial charge in [-0.25, -0.2) is 0 Å². The van der Waals surface area contributed by atoms with Crippen molar-refractivity contribution < 1.29 is 0 Å². The SMILES string of the molecule is CCC(CC)CC(c1cccc(-c2ccccc2)n1)N(C)C.CCCCC(c1cccc(-c2ccc(C(C)(C)C)cc2)n1)N(C)C.CCCCC(c1cccc(-c2ccccc2)n1)N(C)C.CN(C)C(Cc1ccccc1)c1cccc(-c2ccccc2)n1.c1ccc(CNC(Cc2ccccc2)c2cccc(-c3ccccc3)n2)cc1.c1ccc(CNC(c2cccc(-c3ccccc3)n2)C2CCCCC2)cc1. The van der Waals surface area contributed by atoms with Gasteiger partial charge in [0.15, 0.2) is 0 Å². The van der Waals surface area contributed by atoms with Crippen molar-refractivity contribution in [3.63, 3.8) is 0 Å². The van der Waals surface area contributed by atoms with E-state index in [1.807, 2.05) is 24.3 Å². The largest absolute Gasteiger partial charge is 0.304 e. The maximum absolute atomic E-state index is 5.07. The van der Waals surface area contributed by atoms with Crippen molar-refractivity contribution >= 4 is 0 Å². The third-order valence-electron chi connectivity index (χ3n) is 27.4. The zero-order valence-corrected chi connectivity index (χ0v) is 88.5. The Morgan fingerprint density at radius 1 is 0.271 bits per heavy atom. The Morgan fingerprint density at radius 3 is 0.875 bits per heavy atom. The highest BCUT2D eigenvalue weighted by atomic mass is 15.1. The van der Waals surface area contributed by atoms with Gasteiger partial charge in [0, 0.05) is 46.5 Å². The van der Waals surface area contributed by atoms with Gasteiger partial charge in [-0.3, -0.25) is 29.9 Å². The molecule has 0 spiro atoms. The molecule has 746 valence electrons. The molecule has 16 aromatic rings. The van der Waals surface area contributed by atoms with E-state index in [9.17, 15) is 0 Å². The van der Waals surface area contributed by atoms with E-state index in [1.54, 1.807) is 0 Å². The summed E-state index contributed by atoms with van der Waals surface area (Å²) in [5.41, 5.74) is 27.0. The first-order valence-electron chi connectivity index (χ1n) is 52.7. The van der Waals surface area contributed by atoms with Crippen LogP contribution < -0.4 is 10.6 Å². The zero-order valence-electron chi connectivity index (χ0n) is 88.5. The number of rotatable bonds is 37. The Morgan fingerprint density at radius 2 is 0.549 bits per heavy atom. The van der Waals surface area contributed by atoms with E-state index in [4.69, 9.17) is 29.9 Å². The average Bonchev–Trinajstić information content (AvgIpc) is 0.842. The lowest BCUT2D eigenvalue weighted by atomic mass is 9.82. The van der Waals surface area contributed by atoms with Gasteiger partial charge in [-0.05, 0) is 219 Å². The topological polar surface area (TPSA) is 114 Å². The van der Waals surface area contributed by atoms with E-state index >= 15 is 0 Å². The second-order valence-electron chi connectivity index (χ2n) is 40.0. The van der Waals surface area contributed by atoms with E-state index < -0.39 is 0 Å². The maximum Gasteiger partial charge on any atom is 0.0706 e. The molecule has 2 N–H and O–H groups in total. The smallest absolute Gasteiger partial charge is 0.0706 e. The van der Waals surface area contributed by atoms with Crippen LogP contribution >= 0.6 is 0 Å². The summed E-state index contributed by atoms with van der Waals surface area (Å²) in [6.45, 7) is 17.5. The molecule has 6 heterocycles. The highest BCUT2D eigenvalue weighted by Gasteiger charge is 2.28. The van der Waals surface area contributed by atoms with E-state index in [0.29, 0.717) is 30.1 Å². The molecule has 10 aromatic carbocycles. The van der Waals surface area contributed by atoms with Crippen molar-refractivity contribution in [3.8, 4) is 67.5 Å². The van der Waals surface area contributed by atoms with Crippen LogP contribution in [0.1, 0.15) is 237 Å². The van der Waals surface area contributed by atoms with Crippen LogP contribution in [-0.4, -0.2) is 106 Å². The zero-order chi connectivity index (χ0) is 101. The molecule has 12 heteroatoms. The molecule has 6 unspecified atom stereocenters. The molecule has 0 amide bonds. The van der Waals surface area contributed by atoms with Gasteiger partial charge in [0.1, 0.15) is 0 Å². The number of unbranched alkanes of at least 4 members (excludes halogenated alkanes) is 2. The van der Waals surface area contributed by atoms with Crippen molar-refractivity contribution in [1.82, 2.24) is 60.1 Å². The van der Waals surface area contributed by atoms with Gasteiger partial charge in [0.25, 0.3) is 0 Å². The monoisotopic (exact) mass is 1910 g/mol. The first-order valence-corrected chi connectivity index (χ1v) is 52.7. The van der Waals surface area contributed by atoms with Gasteiger partial charge in [0.05, 0.1) is 105 Å². The molecular weight excluding hydrogens is 1750 g/mol. The van der Waals surface area contributed by atoms with Gasteiger partial charge < -0.3 is 30.2 Å². The Labute approximate surface area is 864 Å². The molecular formula is C132H158N12. The van der Waals surface area contributed by atoms with Crippen molar-refractivity contribution in [3.05, 3.63) is 468 Å². The Hall–Kier alpha value is -13.1. The van der Waals surface area contributed by atoms with Crippen LogP contribution in [0.5, 0.6) is 0 Å². The van der Waals surface area contributed by atoms with E-state index in [1.165, 1.54) is 150 Å². The molecule has 0 radical (unpaired) electrons. The lowest BCUT2D eigenvalue weighted by Crippen LogP contribution is -2.30. The van der Waals surface area contributed by atoms with Crippen LogP contribution in [0, 0.1) is 11.8 Å². The van der Waals surface area contributed by atoms with E-state index in [-0.39, 0.29) is 17.5 Å². The van der Waals surface area contributed by atoms with Gasteiger partial charge in [-0.15, -0.1) is 0 Å². The fourth-order valence-electron chi connectivity index (χ4n) is 18.8. The highest BCUT2D eigenvalue weighted by molar-refractivity contribution is 5.64. The number of likely N-dealkylation sites (N-methyl/N-ethyl adjacent to an activating group) is 1.